The van der Waals surface area contributed by atoms with Gasteiger partial charge in [0.1, 0.15) is 0 Å². The van der Waals surface area contributed by atoms with Crippen LogP contribution in [0.3, 0.4) is 0 Å². The van der Waals surface area contributed by atoms with Gasteiger partial charge in [-0.05, 0) is 63.3 Å². The molecule has 0 unspecified atom stereocenters. The molecular formula is C37H80N6O2. The topological polar surface area (TPSA) is 118 Å². The van der Waals surface area contributed by atoms with E-state index in [1.807, 2.05) is 6.92 Å². The first-order valence-electron chi connectivity index (χ1n) is 19.2. The second-order valence-electron chi connectivity index (χ2n) is 15.5. The number of rotatable bonds is 29. The van der Waals surface area contributed by atoms with Crippen LogP contribution in [0.1, 0.15) is 125 Å². The summed E-state index contributed by atoms with van der Waals surface area (Å²) in [5, 5.41) is 33.9. The Bertz CT molecular complexity index is 661. The lowest BCUT2D eigenvalue weighted by atomic mass is 9.83. The molecule has 1 saturated carbocycles. The van der Waals surface area contributed by atoms with Crippen molar-refractivity contribution in [3.8, 4) is 0 Å². The van der Waals surface area contributed by atoms with Crippen molar-refractivity contribution >= 4 is 0 Å². The number of hydrogen-bond donors (Lipinski definition) is 7. The lowest BCUT2D eigenvalue weighted by Gasteiger charge is -2.37. The molecule has 0 aromatic heterocycles. The molecule has 8 N–H and O–H groups in total. The molecule has 1 rings (SSSR count). The molecule has 0 aliphatic heterocycles. The van der Waals surface area contributed by atoms with E-state index in [0.29, 0.717) is 50.1 Å². The zero-order valence-corrected chi connectivity index (χ0v) is 31.0. The van der Waals surface area contributed by atoms with Gasteiger partial charge in [-0.25, -0.2) is 0 Å². The number of likely N-dealkylation sites (N-methyl/N-ethyl adjacent to an activating group) is 1. The second kappa shape index (κ2) is 26.6. The maximum atomic E-state index is 10.2. The Morgan fingerprint density at radius 2 is 1.44 bits per heavy atom. The van der Waals surface area contributed by atoms with Gasteiger partial charge in [-0.1, -0.05) is 92.4 Å². The molecular weight excluding hydrogens is 560 g/mol. The molecule has 1 aliphatic carbocycles. The van der Waals surface area contributed by atoms with Gasteiger partial charge in [-0.2, -0.15) is 0 Å². The fourth-order valence-corrected chi connectivity index (χ4v) is 7.08. The van der Waals surface area contributed by atoms with Crippen LogP contribution in [0.2, 0.25) is 0 Å². The third kappa shape index (κ3) is 21.3. The van der Waals surface area contributed by atoms with Crippen molar-refractivity contribution in [2.45, 2.75) is 155 Å². The molecule has 0 saturated heterocycles. The zero-order chi connectivity index (χ0) is 33.5. The minimum Gasteiger partial charge on any atom is -0.395 e. The van der Waals surface area contributed by atoms with Crippen LogP contribution in [0.4, 0.5) is 0 Å². The predicted molar refractivity (Wildman–Crippen MR) is 195 cm³/mol. The third-order valence-corrected chi connectivity index (χ3v) is 10.1. The van der Waals surface area contributed by atoms with E-state index >= 15 is 0 Å². The average molecular weight is 641 g/mol. The fraction of sp³-hybridized carbons (Fsp3) is 1.00. The zero-order valence-electron chi connectivity index (χ0n) is 31.0. The molecule has 0 amide bonds. The van der Waals surface area contributed by atoms with Crippen LogP contribution in [0.5, 0.6) is 0 Å². The monoisotopic (exact) mass is 641 g/mol. The Hall–Kier alpha value is -0.320. The normalized spacial score (nSPS) is 18.9. The Morgan fingerprint density at radius 1 is 0.778 bits per heavy atom. The van der Waals surface area contributed by atoms with Crippen LogP contribution in [0.15, 0.2) is 0 Å². The van der Waals surface area contributed by atoms with Crippen molar-refractivity contribution in [1.82, 2.24) is 26.2 Å². The van der Waals surface area contributed by atoms with Crippen molar-refractivity contribution < 1.29 is 10.2 Å². The molecule has 0 radical (unpaired) electrons. The number of nitrogens with zero attached hydrogens (tertiary/aromatic N) is 1. The molecule has 270 valence electrons. The number of nitrogens with two attached hydrogens (primary N) is 1. The van der Waals surface area contributed by atoms with Crippen LogP contribution >= 0.6 is 0 Å². The van der Waals surface area contributed by atoms with Gasteiger partial charge in [0.2, 0.25) is 0 Å². The van der Waals surface area contributed by atoms with Gasteiger partial charge >= 0.3 is 0 Å². The van der Waals surface area contributed by atoms with Crippen LogP contribution in [-0.2, 0) is 0 Å². The molecule has 0 spiro atoms. The Morgan fingerprint density at radius 3 is 2.04 bits per heavy atom. The first-order chi connectivity index (χ1) is 21.6. The van der Waals surface area contributed by atoms with E-state index in [1.54, 1.807) is 0 Å². The van der Waals surface area contributed by atoms with Gasteiger partial charge in [-0.15, -0.1) is 0 Å². The molecule has 0 heterocycles. The summed E-state index contributed by atoms with van der Waals surface area (Å²) in [4.78, 5) is 2.65. The maximum absolute atomic E-state index is 10.2. The molecule has 0 aromatic rings. The first-order valence-corrected chi connectivity index (χ1v) is 19.2. The highest BCUT2D eigenvalue weighted by Crippen LogP contribution is 2.27. The summed E-state index contributed by atoms with van der Waals surface area (Å²) in [6, 6.07) is 1.04. The first kappa shape index (κ1) is 42.7. The fourth-order valence-electron chi connectivity index (χ4n) is 7.08. The maximum Gasteiger partial charge on any atom is 0.0677 e. The average Bonchev–Trinajstić information content (AvgIpc) is 3.00. The van der Waals surface area contributed by atoms with Crippen molar-refractivity contribution in [1.29, 1.82) is 0 Å². The number of nitrogens with one attached hydrogen (secondary N) is 4. The third-order valence-electron chi connectivity index (χ3n) is 10.1. The van der Waals surface area contributed by atoms with Gasteiger partial charge in [0.15, 0.2) is 0 Å². The molecule has 8 heteroatoms. The molecule has 1 aliphatic rings. The standard InChI is InChI=1S/C37H80N6O2/c1-29(2)16-12-9-8-10-13-17-31(5)28-43(7)35(22-30(3)4)25-42-37(33-18-14-11-15-19-33)27-40-34(23-38)24-41-36(32(6)45)26-39-20-21-44/h29-37,39-42,44-45H,8-28,38H2,1-7H3/t31-,32+,34+,35+,36+,37-/m1/s1. The highest BCUT2D eigenvalue weighted by molar-refractivity contribution is 4.87. The molecule has 8 nitrogen and oxygen atoms in total. The number of aliphatic hydroxyl groups is 2. The quantitative estimate of drug-likeness (QED) is 0.0587. The van der Waals surface area contributed by atoms with Crippen molar-refractivity contribution in [3.63, 3.8) is 0 Å². The van der Waals surface area contributed by atoms with E-state index in [1.165, 1.54) is 90.0 Å². The van der Waals surface area contributed by atoms with E-state index in [9.17, 15) is 5.11 Å². The van der Waals surface area contributed by atoms with Crippen molar-refractivity contribution in [3.05, 3.63) is 0 Å². The lowest BCUT2D eigenvalue weighted by Crippen LogP contribution is -2.56. The predicted octanol–water partition coefficient (Wildman–Crippen LogP) is 4.73. The minimum atomic E-state index is -0.483. The van der Waals surface area contributed by atoms with Crippen LogP contribution in [0.25, 0.3) is 0 Å². The molecule has 6 atom stereocenters. The minimum absolute atomic E-state index is 0.0795. The lowest BCUT2D eigenvalue weighted by molar-refractivity contribution is 0.140. The van der Waals surface area contributed by atoms with E-state index < -0.39 is 6.10 Å². The summed E-state index contributed by atoms with van der Waals surface area (Å²) in [5.41, 5.74) is 6.22. The molecule has 0 bridgehead atoms. The van der Waals surface area contributed by atoms with Crippen molar-refractivity contribution in [2.75, 3.05) is 59.5 Å². The summed E-state index contributed by atoms with van der Waals surface area (Å²) in [6.07, 6.45) is 17.1. The van der Waals surface area contributed by atoms with Gasteiger partial charge in [0, 0.05) is 70.0 Å². The summed E-state index contributed by atoms with van der Waals surface area (Å²) >= 11 is 0. The van der Waals surface area contributed by atoms with Gasteiger partial charge < -0.3 is 42.1 Å². The summed E-state index contributed by atoms with van der Waals surface area (Å²) in [6.45, 7) is 19.3. The Kier molecular flexibility index (Phi) is 25.3. The van der Waals surface area contributed by atoms with E-state index in [2.05, 4.69) is 67.8 Å². The smallest absolute Gasteiger partial charge is 0.0677 e. The molecule has 45 heavy (non-hydrogen) atoms. The largest absolute Gasteiger partial charge is 0.395 e. The summed E-state index contributed by atoms with van der Waals surface area (Å²) < 4.78 is 0. The van der Waals surface area contributed by atoms with E-state index in [0.717, 1.165) is 24.9 Å². The highest BCUT2D eigenvalue weighted by atomic mass is 16.3. The Balaban J connectivity index is 2.67. The van der Waals surface area contributed by atoms with Crippen LogP contribution in [0, 0.1) is 23.7 Å². The number of aliphatic hydroxyl groups excluding tert-OH is 2. The van der Waals surface area contributed by atoms with Gasteiger partial charge in [0.25, 0.3) is 0 Å². The Labute approximate surface area is 280 Å². The number of hydrogen-bond acceptors (Lipinski definition) is 8. The molecule has 0 aromatic carbocycles. The van der Waals surface area contributed by atoms with Gasteiger partial charge in [-0.3, -0.25) is 0 Å². The van der Waals surface area contributed by atoms with Crippen molar-refractivity contribution in [2.24, 2.45) is 29.4 Å². The second-order valence-corrected chi connectivity index (χ2v) is 15.5. The summed E-state index contributed by atoms with van der Waals surface area (Å²) in [5.74, 6) is 2.95. The van der Waals surface area contributed by atoms with E-state index in [4.69, 9.17) is 10.8 Å². The summed E-state index contributed by atoms with van der Waals surface area (Å²) in [7, 11) is 2.36. The molecule has 1 fully saturated rings. The van der Waals surface area contributed by atoms with Gasteiger partial charge in [0.05, 0.1) is 12.7 Å². The number of unbranched alkanes of at least 4 members (excludes halogenated alkanes) is 4. The van der Waals surface area contributed by atoms with Crippen LogP contribution in [-0.4, -0.2) is 105 Å². The highest BCUT2D eigenvalue weighted by Gasteiger charge is 2.27. The van der Waals surface area contributed by atoms with Crippen LogP contribution < -0.4 is 27.0 Å². The SMILES string of the molecule is CC(C)CCCCCCC[C@@H](C)CN(C)[C@H](CN[C@H](CN[C@@H](CN)CN[C@@H](CNCCO)[C@H](C)O)C1CCCCC1)CC(C)C. The van der Waals surface area contributed by atoms with E-state index in [-0.39, 0.29) is 18.7 Å².